The molecule has 10 heteroatoms. The minimum Gasteiger partial charge on any atom is -0.472 e. The summed E-state index contributed by atoms with van der Waals surface area (Å²) in [5, 5.41) is 9.92. The number of likely N-dealkylation sites (N-methyl/N-ethyl adjacent to an activating group) is 1. The number of hydrogen-bond acceptors (Lipinski definition) is 7. The van der Waals surface area contributed by atoms with Crippen molar-refractivity contribution in [1.29, 1.82) is 0 Å². The van der Waals surface area contributed by atoms with E-state index in [-0.39, 0.29) is 48.2 Å². The van der Waals surface area contributed by atoms with Gasteiger partial charge in [-0.05, 0) is 42.8 Å². The molecule has 1 N–H and O–H groups in total. The maximum Gasteiger partial charge on any atom is 0.259 e. The van der Waals surface area contributed by atoms with Gasteiger partial charge in [0.25, 0.3) is 17.7 Å². The molecule has 2 aromatic heterocycles. The van der Waals surface area contributed by atoms with E-state index in [1.807, 2.05) is 19.1 Å². The molecule has 0 aliphatic carbocycles. The number of hydrogen-bond donors (Lipinski definition) is 1. The molecule has 10 nitrogen and oxygen atoms in total. The van der Waals surface area contributed by atoms with Crippen LogP contribution < -0.4 is 4.74 Å². The Bertz CT molecular complexity index is 1360. The second-order valence-corrected chi connectivity index (χ2v) is 10.4. The van der Waals surface area contributed by atoms with E-state index in [0.29, 0.717) is 23.2 Å². The lowest BCUT2D eigenvalue weighted by molar-refractivity contribution is 0.0313. The lowest BCUT2D eigenvalue weighted by Gasteiger charge is -2.37. The van der Waals surface area contributed by atoms with Crippen molar-refractivity contribution in [3.63, 3.8) is 0 Å². The smallest absolute Gasteiger partial charge is 0.259 e. The monoisotopic (exact) mass is 545 g/mol. The Hall–Kier alpha value is -4.31. The fraction of sp³-hybridized carbons (Fsp3) is 0.367. The molecule has 40 heavy (non-hydrogen) atoms. The van der Waals surface area contributed by atoms with Gasteiger partial charge in [-0.2, -0.15) is 0 Å². The van der Waals surface area contributed by atoms with Crippen LogP contribution in [0.5, 0.6) is 5.88 Å². The van der Waals surface area contributed by atoms with Gasteiger partial charge < -0.3 is 24.5 Å². The first kappa shape index (κ1) is 28.7. The lowest BCUT2D eigenvalue weighted by Crippen LogP contribution is -2.50. The third-order valence-electron chi connectivity index (χ3n) is 7.12. The van der Waals surface area contributed by atoms with Gasteiger partial charge in [-0.3, -0.25) is 19.4 Å². The minimum absolute atomic E-state index is 0.104. The molecule has 210 valence electrons. The summed E-state index contributed by atoms with van der Waals surface area (Å²) >= 11 is 0. The molecule has 3 atom stereocenters. The molecule has 0 unspecified atom stereocenters. The minimum atomic E-state index is -0.467. The van der Waals surface area contributed by atoms with Crippen molar-refractivity contribution < 1.29 is 24.2 Å². The van der Waals surface area contributed by atoms with Crippen LogP contribution in [-0.2, 0) is 0 Å². The Balaban J connectivity index is 1.67. The Morgan fingerprint density at radius 1 is 1.05 bits per heavy atom. The van der Waals surface area contributed by atoms with Gasteiger partial charge in [-0.25, -0.2) is 4.98 Å². The number of benzene rings is 1. The van der Waals surface area contributed by atoms with Gasteiger partial charge in [-0.15, -0.1) is 0 Å². The van der Waals surface area contributed by atoms with Gasteiger partial charge >= 0.3 is 0 Å². The molecule has 4 rings (SSSR count). The maximum absolute atomic E-state index is 13.7. The average molecular weight is 546 g/mol. The molecule has 0 spiro atoms. The van der Waals surface area contributed by atoms with Gasteiger partial charge in [0.05, 0.1) is 19.2 Å². The van der Waals surface area contributed by atoms with Crippen molar-refractivity contribution in [2.45, 2.75) is 26.0 Å². The summed E-state index contributed by atoms with van der Waals surface area (Å²) < 4.78 is 6.33. The molecule has 0 radical (unpaired) electrons. The third-order valence-corrected chi connectivity index (χ3v) is 7.12. The highest BCUT2D eigenvalue weighted by atomic mass is 16.5. The Morgan fingerprint density at radius 2 is 1.70 bits per heavy atom. The lowest BCUT2D eigenvalue weighted by atomic mass is 9.98. The van der Waals surface area contributed by atoms with Crippen LogP contribution in [0.3, 0.4) is 0 Å². The van der Waals surface area contributed by atoms with E-state index in [4.69, 9.17) is 4.74 Å². The van der Waals surface area contributed by atoms with E-state index in [1.54, 1.807) is 86.8 Å². The van der Waals surface area contributed by atoms with E-state index in [9.17, 15) is 19.5 Å². The summed E-state index contributed by atoms with van der Waals surface area (Å²) in [5.74, 6) is -0.562. The molecule has 3 amide bonds. The summed E-state index contributed by atoms with van der Waals surface area (Å²) in [6, 6.07) is 11.7. The number of carbonyl (C=O) groups excluding carboxylic acids is 3. The van der Waals surface area contributed by atoms with Gasteiger partial charge in [0.2, 0.25) is 5.88 Å². The van der Waals surface area contributed by atoms with Crippen LogP contribution in [0.25, 0.3) is 11.1 Å². The number of rotatable bonds is 7. The van der Waals surface area contributed by atoms with Crippen LogP contribution in [0.2, 0.25) is 0 Å². The summed E-state index contributed by atoms with van der Waals surface area (Å²) in [6.45, 7) is 4.14. The summed E-state index contributed by atoms with van der Waals surface area (Å²) in [4.78, 5) is 52.3. The van der Waals surface area contributed by atoms with Gasteiger partial charge in [0.1, 0.15) is 11.7 Å². The van der Waals surface area contributed by atoms with Crippen LogP contribution >= 0.6 is 0 Å². The maximum atomic E-state index is 13.7. The molecule has 0 saturated heterocycles. The zero-order chi connectivity index (χ0) is 29.0. The second-order valence-electron chi connectivity index (χ2n) is 10.4. The highest BCUT2D eigenvalue weighted by molar-refractivity contribution is 5.98. The van der Waals surface area contributed by atoms with Crippen molar-refractivity contribution in [2.24, 2.45) is 5.92 Å². The predicted molar refractivity (Wildman–Crippen MR) is 150 cm³/mol. The van der Waals surface area contributed by atoms with Gasteiger partial charge in [0.15, 0.2) is 0 Å². The number of nitrogens with zero attached hydrogens (tertiary/aromatic N) is 5. The topological polar surface area (TPSA) is 116 Å². The molecule has 0 bridgehead atoms. The summed E-state index contributed by atoms with van der Waals surface area (Å²) in [7, 11) is 5.10. The summed E-state index contributed by atoms with van der Waals surface area (Å²) in [5.41, 5.74) is 2.81. The van der Waals surface area contributed by atoms with Crippen molar-refractivity contribution in [1.82, 2.24) is 24.7 Å². The predicted octanol–water partition coefficient (Wildman–Crippen LogP) is 2.84. The number of aromatic nitrogens is 2. The zero-order valence-electron chi connectivity index (χ0n) is 23.4. The third kappa shape index (κ3) is 6.12. The SMILES string of the molecule is C[C@@H]1CN([C@H](C)CO)C(=O)c2cc(-c3ccc(C(=O)N(C)C)cc3)cnc2O[C@@H]1CN(C)C(=O)c1ccncc1. The Kier molecular flexibility index (Phi) is 8.79. The summed E-state index contributed by atoms with van der Waals surface area (Å²) in [6.07, 6.45) is 4.30. The molecule has 3 aromatic rings. The number of amides is 3. The number of pyridine rings is 2. The van der Waals surface area contributed by atoms with Crippen LogP contribution in [0.4, 0.5) is 0 Å². The Labute approximate surface area is 234 Å². The number of aliphatic hydroxyl groups excluding tert-OH is 1. The Morgan fingerprint density at radius 3 is 2.33 bits per heavy atom. The average Bonchev–Trinajstić information content (AvgIpc) is 2.97. The van der Waals surface area contributed by atoms with Crippen molar-refractivity contribution in [3.05, 3.63) is 77.7 Å². The molecule has 0 fully saturated rings. The first-order chi connectivity index (χ1) is 19.1. The van der Waals surface area contributed by atoms with Crippen LogP contribution in [0.1, 0.15) is 44.9 Å². The number of ether oxygens (including phenoxy) is 1. The quantitative estimate of drug-likeness (QED) is 0.485. The van der Waals surface area contributed by atoms with Crippen LogP contribution in [-0.4, -0.2) is 100 Å². The highest BCUT2D eigenvalue weighted by Crippen LogP contribution is 2.30. The zero-order valence-corrected chi connectivity index (χ0v) is 23.4. The van der Waals surface area contributed by atoms with Gasteiger partial charge in [-0.1, -0.05) is 19.1 Å². The molecular weight excluding hydrogens is 510 g/mol. The number of fused-ring (bicyclic) bond motifs is 1. The first-order valence-corrected chi connectivity index (χ1v) is 13.2. The largest absolute Gasteiger partial charge is 0.472 e. The molecular formula is C30H35N5O5. The van der Waals surface area contributed by atoms with Gasteiger partial charge in [0, 0.05) is 68.9 Å². The van der Waals surface area contributed by atoms with E-state index in [2.05, 4.69) is 9.97 Å². The van der Waals surface area contributed by atoms with E-state index in [0.717, 1.165) is 5.56 Å². The normalized spacial score (nSPS) is 17.6. The standard InChI is InChI=1S/C30H35N5O5/c1-19-16-35(20(2)18-36)30(39)25-14-24(21-6-8-22(9-7-21)28(37)33(3)4)15-32-27(25)40-26(19)17-34(5)29(38)23-10-12-31-13-11-23/h6-15,19-20,26,36H,16-18H2,1-5H3/t19-,20-,26-/m1/s1. The van der Waals surface area contributed by atoms with Crippen molar-refractivity contribution in [2.75, 3.05) is 40.8 Å². The van der Waals surface area contributed by atoms with Crippen molar-refractivity contribution in [3.8, 4) is 17.0 Å². The number of carbonyl (C=O) groups is 3. The highest BCUT2D eigenvalue weighted by Gasteiger charge is 2.35. The first-order valence-electron chi connectivity index (χ1n) is 13.2. The van der Waals surface area contributed by atoms with E-state index >= 15 is 0 Å². The second kappa shape index (κ2) is 12.3. The number of aliphatic hydroxyl groups is 1. The molecule has 0 saturated carbocycles. The molecule has 1 aromatic carbocycles. The fourth-order valence-corrected chi connectivity index (χ4v) is 4.61. The van der Waals surface area contributed by atoms with E-state index < -0.39 is 12.1 Å². The molecule has 3 heterocycles. The van der Waals surface area contributed by atoms with E-state index in [1.165, 1.54) is 4.90 Å². The molecule has 1 aliphatic rings. The van der Waals surface area contributed by atoms with Crippen molar-refractivity contribution >= 4 is 17.7 Å². The van der Waals surface area contributed by atoms with Crippen LogP contribution in [0.15, 0.2) is 61.1 Å². The molecule has 1 aliphatic heterocycles. The van der Waals surface area contributed by atoms with Crippen LogP contribution in [0, 0.1) is 5.92 Å². The fourth-order valence-electron chi connectivity index (χ4n) is 4.61.